The molecule has 0 radical (unpaired) electrons. The van der Waals surface area contributed by atoms with E-state index in [4.69, 9.17) is 11.5 Å². The quantitative estimate of drug-likeness (QED) is 0.675. The molecule has 2 aromatic heterocycles. The molecule has 1 fully saturated rings. The summed E-state index contributed by atoms with van der Waals surface area (Å²) in [7, 11) is 0. The molecule has 2 heterocycles. The number of rotatable bonds is 1. The maximum atomic E-state index is 5.78. The number of nitrogen functional groups attached to an aromatic ring is 2. The summed E-state index contributed by atoms with van der Waals surface area (Å²) in [4.78, 5) is 12.1. The van der Waals surface area contributed by atoms with Crippen LogP contribution in [-0.2, 0) is 0 Å². The van der Waals surface area contributed by atoms with Crippen molar-refractivity contribution in [2.24, 2.45) is 0 Å². The van der Waals surface area contributed by atoms with E-state index in [1.807, 2.05) is 4.57 Å². The average Bonchev–Trinajstić information content (AvgIpc) is 2.87. The van der Waals surface area contributed by atoms with Crippen molar-refractivity contribution in [3.05, 3.63) is 6.33 Å². The van der Waals surface area contributed by atoms with Crippen LogP contribution in [0.5, 0.6) is 0 Å². The molecule has 0 aromatic carbocycles. The van der Waals surface area contributed by atoms with Crippen LogP contribution in [0.1, 0.15) is 18.9 Å². The number of fused-ring (bicyclic) bond motifs is 1. The molecule has 2 aromatic rings. The van der Waals surface area contributed by atoms with Crippen molar-refractivity contribution in [1.29, 1.82) is 0 Å². The summed E-state index contributed by atoms with van der Waals surface area (Å²) in [6, 6.07) is 0.523. The summed E-state index contributed by atoms with van der Waals surface area (Å²) in [6.45, 7) is 0. The molecule has 6 heteroatoms. The zero-order valence-corrected chi connectivity index (χ0v) is 7.51. The van der Waals surface area contributed by atoms with Gasteiger partial charge in [0, 0.05) is 6.04 Å². The minimum absolute atomic E-state index is 0.177. The predicted octanol–water partition coefficient (Wildman–Crippen LogP) is 0.326. The van der Waals surface area contributed by atoms with Crippen LogP contribution in [0.15, 0.2) is 6.33 Å². The minimum Gasteiger partial charge on any atom is -0.382 e. The molecule has 0 aliphatic heterocycles. The first-order valence-corrected chi connectivity index (χ1v) is 4.51. The second-order valence-corrected chi connectivity index (χ2v) is 3.52. The molecule has 0 spiro atoms. The average molecular weight is 190 g/mol. The van der Waals surface area contributed by atoms with Crippen LogP contribution in [-0.4, -0.2) is 19.5 Å². The number of anilines is 2. The number of hydrogen-bond acceptors (Lipinski definition) is 5. The third kappa shape index (κ3) is 0.935. The first kappa shape index (κ1) is 7.54. The summed E-state index contributed by atoms with van der Waals surface area (Å²) in [5, 5.41) is 0. The van der Waals surface area contributed by atoms with Gasteiger partial charge in [-0.3, -0.25) is 0 Å². The lowest BCUT2D eigenvalue weighted by Gasteiger charge is -2.02. The summed E-state index contributed by atoms with van der Waals surface area (Å²) >= 11 is 0. The molecule has 1 aliphatic rings. The molecule has 0 atom stereocenters. The predicted molar refractivity (Wildman–Crippen MR) is 52.4 cm³/mol. The van der Waals surface area contributed by atoms with E-state index < -0.39 is 0 Å². The van der Waals surface area contributed by atoms with E-state index in [-0.39, 0.29) is 5.95 Å². The molecule has 0 bridgehead atoms. The number of nitrogens with two attached hydrogens (primary N) is 2. The normalized spacial score (nSPS) is 16.3. The van der Waals surface area contributed by atoms with E-state index in [9.17, 15) is 0 Å². The van der Waals surface area contributed by atoms with Crippen molar-refractivity contribution in [2.75, 3.05) is 11.5 Å². The van der Waals surface area contributed by atoms with Gasteiger partial charge >= 0.3 is 0 Å². The van der Waals surface area contributed by atoms with Gasteiger partial charge in [-0.25, -0.2) is 4.98 Å². The Morgan fingerprint density at radius 1 is 1.29 bits per heavy atom. The van der Waals surface area contributed by atoms with Crippen molar-refractivity contribution in [3.63, 3.8) is 0 Å². The number of imidazole rings is 1. The first-order chi connectivity index (χ1) is 6.75. The van der Waals surface area contributed by atoms with E-state index in [0.29, 0.717) is 17.5 Å². The zero-order chi connectivity index (χ0) is 9.71. The highest BCUT2D eigenvalue weighted by atomic mass is 15.2. The number of aromatic nitrogens is 4. The minimum atomic E-state index is 0.177. The molecule has 0 saturated heterocycles. The second-order valence-electron chi connectivity index (χ2n) is 3.52. The smallest absolute Gasteiger partial charge is 0.224 e. The van der Waals surface area contributed by atoms with E-state index in [1.165, 1.54) is 12.8 Å². The van der Waals surface area contributed by atoms with Gasteiger partial charge in [0.05, 0.1) is 6.33 Å². The molecular formula is C8H10N6. The van der Waals surface area contributed by atoms with Gasteiger partial charge in [0.25, 0.3) is 0 Å². The third-order valence-electron chi connectivity index (χ3n) is 2.41. The van der Waals surface area contributed by atoms with E-state index in [0.717, 1.165) is 5.52 Å². The highest BCUT2D eigenvalue weighted by molar-refractivity contribution is 5.83. The topological polar surface area (TPSA) is 95.6 Å². The molecule has 0 unspecified atom stereocenters. The largest absolute Gasteiger partial charge is 0.382 e. The molecule has 4 N–H and O–H groups in total. The molecule has 1 aliphatic carbocycles. The van der Waals surface area contributed by atoms with Crippen LogP contribution in [0, 0.1) is 0 Å². The fourth-order valence-corrected chi connectivity index (χ4v) is 1.62. The summed E-state index contributed by atoms with van der Waals surface area (Å²) in [6.07, 6.45) is 4.11. The summed E-state index contributed by atoms with van der Waals surface area (Å²) in [5.74, 6) is 0.591. The fourth-order valence-electron chi connectivity index (χ4n) is 1.62. The zero-order valence-electron chi connectivity index (χ0n) is 7.51. The Labute approximate surface area is 80.0 Å². The molecule has 6 nitrogen and oxygen atoms in total. The molecule has 3 rings (SSSR count). The third-order valence-corrected chi connectivity index (χ3v) is 2.41. The van der Waals surface area contributed by atoms with Crippen molar-refractivity contribution in [3.8, 4) is 0 Å². The van der Waals surface area contributed by atoms with Crippen molar-refractivity contribution in [2.45, 2.75) is 18.9 Å². The standard InChI is InChI=1S/C8H10N6/c9-6-5-7(13-8(10)12-6)11-3-14(5)4-1-2-4/h3-4H,1-2H2,(H4,9,10,12,13). The van der Waals surface area contributed by atoms with E-state index >= 15 is 0 Å². The maximum absolute atomic E-state index is 5.78. The first-order valence-electron chi connectivity index (χ1n) is 4.51. The van der Waals surface area contributed by atoms with Crippen LogP contribution < -0.4 is 11.5 Å². The van der Waals surface area contributed by atoms with Gasteiger partial charge in [-0.1, -0.05) is 0 Å². The summed E-state index contributed by atoms with van der Waals surface area (Å²) < 4.78 is 2.03. The SMILES string of the molecule is Nc1nc(N)c2c(ncn2C2CC2)n1. The second kappa shape index (κ2) is 2.34. The highest BCUT2D eigenvalue weighted by Gasteiger charge is 2.26. The van der Waals surface area contributed by atoms with Crippen LogP contribution in [0.25, 0.3) is 11.2 Å². The number of nitrogens with zero attached hydrogens (tertiary/aromatic N) is 4. The van der Waals surface area contributed by atoms with Gasteiger partial charge < -0.3 is 16.0 Å². The van der Waals surface area contributed by atoms with Crippen molar-refractivity contribution in [1.82, 2.24) is 19.5 Å². The van der Waals surface area contributed by atoms with Gasteiger partial charge in [-0.05, 0) is 12.8 Å². The van der Waals surface area contributed by atoms with Crippen molar-refractivity contribution >= 4 is 22.9 Å². The van der Waals surface area contributed by atoms with Gasteiger partial charge in [0.1, 0.15) is 5.52 Å². The van der Waals surface area contributed by atoms with Crippen LogP contribution in [0.3, 0.4) is 0 Å². The van der Waals surface area contributed by atoms with Crippen LogP contribution in [0.4, 0.5) is 11.8 Å². The summed E-state index contributed by atoms with van der Waals surface area (Å²) in [5.41, 5.74) is 12.6. The van der Waals surface area contributed by atoms with E-state index in [1.54, 1.807) is 6.33 Å². The highest BCUT2D eigenvalue weighted by Crippen LogP contribution is 2.37. The van der Waals surface area contributed by atoms with E-state index in [2.05, 4.69) is 15.0 Å². The Kier molecular flexibility index (Phi) is 1.26. The van der Waals surface area contributed by atoms with Crippen LogP contribution in [0.2, 0.25) is 0 Å². The fraction of sp³-hybridized carbons (Fsp3) is 0.375. The molecule has 0 amide bonds. The Bertz CT molecular complexity index is 498. The van der Waals surface area contributed by atoms with Gasteiger partial charge in [0.2, 0.25) is 5.95 Å². The van der Waals surface area contributed by atoms with Gasteiger partial charge in [0.15, 0.2) is 11.5 Å². The lowest BCUT2D eigenvalue weighted by Crippen LogP contribution is -2.02. The molecular weight excluding hydrogens is 180 g/mol. The molecule has 14 heavy (non-hydrogen) atoms. The monoisotopic (exact) mass is 190 g/mol. The molecule has 72 valence electrons. The lowest BCUT2D eigenvalue weighted by molar-refractivity contribution is 0.765. The lowest BCUT2D eigenvalue weighted by atomic mass is 10.4. The Hall–Kier alpha value is -1.85. The van der Waals surface area contributed by atoms with Crippen molar-refractivity contribution < 1.29 is 0 Å². The Morgan fingerprint density at radius 2 is 2.07 bits per heavy atom. The maximum Gasteiger partial charge on any atom is 0.224 e. The van der Waals surface area contributed by atoms with Gasteiger partial charge in [-0.2, -0.15) is 9.97 Å². The van der Waals surface area contributed by atoms with Gasteiger partial charge in [-0.15, -0.1) is 0 Å². The number of hydrogen-bond donors (Lipinski definition) is 2. The Morgan fingerprint density at radius 3 is 2.79 bits per heavy atom. The molecule has 1 saturated carbocycles. The Balaban J connectivity index is 2.33. The van der Waals surface area contributed by atoms with Crippen LogP contribution >= 0.6 is 0 Å².